The third-order valence-electron chi connectivity index (χ3n) is 4.05. The van der Waals surface area contributed by atoms with Crippen LogP contribution in [-0.4, -0.2) is 57.4 Å². The minimum atomic E-state index is -0.632. The Morgan fingerprint density at radius 1 is 1.34 bits per heavy atom. The molecule has 0 bridgehead atoms. The SMILES string of the molecule is COCCNc1ncnc2c1cnn2CCNC(=O)c1ccc(Cl)c([N+](=O)[O-])c1. The Bertz CT molecular complexity index is 1040. The van der Waals surface area contributed by atoms with Gasteiger partial charge in [0.15, 0.2) is 5.65 Å². The van der Waals surface area contributed by atoms with Crippen LogP contribution < -0.4 is 10.6 Å². The molecule has 0 atom stereocenters. The zero-order chi connectivity index (χ0) is 20.8. The summed E-state index contributed by atoms with van der Waals surface area (Å²) in [5.41, 5.74) is 0.456. The molecule has 152 valence electrons. The van der Waals surface area contributed by atoms with E-state index in [0.717, 1.165) is 11.5 Å². The smallest absolute Gasteiger partial charge is 0.288 e. The van der Waals surface area contributed by atoms with Gasteiger partial charge in [-0.1, -0.05) is 11.6 Å². The summed E-state index contributed by atoms with van der Waals surface area (Å²) in [4.78, 5) is 31.0. The van der Waals surface area contributed by atoms with Crippen molar-refractivity contribution in [1.82, 2.24) is 25.1 Å². The van der Waals surface area contributed by atoms with Crippen LogP contribution in [0.4, 0.5) is 11.5 Å². The van der Waals surface area contributed by atoms with E-state index in [0.29, 0.717) is 31.2 Å². The van der Waals surface area contributed by atoms with Crippen LogP contribution >= 0.6 is 11.6 Å². The number of hydrogen-bond acceptors (Lipinski definition) is 8. The fourth-order valence-corrected chi connectivity index (χ4v) is 2.83. The molecule has 11 nitrogen and oxygen atoms in total. The largest absolute Gasteiger partial charge is 0.383 e. The van der Waals surface area contributed by atoms with Gasteiger partial charge in [-0.05, 0) is 12.1 Å². The standard InChI is InChI=1S/C17H18ClN7O4/c1-29-7-5-19-15-12-9-23-24(16(12)22-10-21-15)6-4-20-17(26)11-2-3-13(18)14(8-11)25(27)28/h2-3,8-10H,4-7H2,1H3,(H,20,26)(H,19,21,22). The predicted octanol–water partition coefficient (Wildman–Crippen LogP) is 1.88. The number of methoxy groups -OCH3 is 1. The highest BCUT2D eigenvalue weighted by Crippen LogP contribution is 2.25. The Morgan fingerprint density at radius 3 is 2.93 bits per heavy atom. The summed E-state index contributed by atoms with van der Waals surface area (Å²) in [5, 5.41) is 21.8. The summed E-state index contributed by atoms with van der Waals surface area (Å²) < 4.78 is 6.65. The molecule has 0 spiro atoms. The van der Waals surface area contributed by atoms with Crippen molar-refractivity contribution in [3.8, 4) is 0 Å². The Kier molecular flexibility index (Phi) is 6.52. The number of amides is 1. The quantitative estimate of drug-likeness (QED) is 0.304. The third kappa shape index (κ3) is 4.76. The predicted molar refractivity (Wildman–Crippen MR) is 106 cm³/mol. The zero-order valence-corrected chi connectivity index (χ0v) is 16.2. The van der Waals surface area contributed by atoms with Crippen molar-refractivity contribution in [2.75, 3.05) is 32.1 Å². The first-order valence-electron chi connectivity index (χ1n) is 8.62. The number of carbonyl (C=O) groups excluding carboxylic acids is 1. The summed E-state index contributed by atoms with van der Waals surface area (Å²) in [6.45, 7) is 1.74. The van der Waals surface area contributed by atoms with Crippen molar-refractivity contribution in [1.29, 1.82) is 0 Å². The van der Waals surface area contributed by atoms with Gasteiger partial charge in [0.1, 0.15) is 17.2 Å². The number of benzene rings is 1. The fraction of sp³-hybridized carbons (Fsp3) is 0.294. The second-order valence-corrected chi connectivity index (χ2v) is 6.33. The van der Waals surface area contributed by atoms with Crippen LogP contribution in [0.1, 0.15) is 10.4 Å². The Labute approximate surface area is 170 Å². The van der Waals surface area contributed by atoms with Gasteiger partial charge in [0.25, 0.3) is 11.6 Å². The first-order chi connectivity index (χ1) is 14.0. The second-order valence-electron chi connectivity index (χ2n) is 5.93. The van der Waals surface area contributed by atoms with E-state index in [4.69, 9.17) is 16.3 Å². The van der Waals surface area contributed by atoms with E-state index >= 15 is 0 Å². The van der Waals surface area contributed by atoms with Gasteiger partial charge in [-0.25, -0.2) is 14.6 Å². The van der Waals surface area contributed by atoms with Crippen LogP contribution in [0.2, 0.25) is 5.02 Å². The molecule has 0 saturated heterocycles. The lowest BCUT2D eigenvalue weighted by atomic mass is 10.2. The molecule has 0 fully saturated rings. The summed E-state index contributed by atoms with van der Waals surface area (Å²) in [6.07, 6.45) is 3.08. The molecule has 3 rings (SSSR count). The van der Waals surface area contributed by atoms with Gasteiger partial charge in [-0.3, -0.25) is 14.9 Å². The molecule has 3 aromatic rings. The van der Waals surface area contributed by atoms with Crippen molar-refractivity contribution >= 4 is 40.0 Å². The van der Waals surface area contributed by atoms with Gasteiger partial charge in [-0.2, -0.15) is 5.10 Å². The Balaban J connectivity index is 1.64. The van der Waals surface area contributed by atoms with Crippen molar-refractivity contribution in [3.05, 3.63) is 51.4 Å². The van der Waals surface area contributed by atoms with Gasteiger partial charge in [0, 0.05) is 31.8 Å². The van der Waals surface area contributed by atoms with Crippen LogP contribution in [0.3, 0.4) is 0 Å². The molecule has 0 unspecified atom stereocenters. The molecular formula is C17H18ClN7O4. The summed E-state index contributed by atoms with van der Waals surface area (Å²) >= 11 is 5.77. The number of carbonyl (C=O) groups is 1. The number of nitro groups is 1. The number of halogens is 1. The lowest BCUT2D eigenvalue weighted by Gasteiger charge is -2.08. The van der Waals surface area contributed by atoms with Gasteiger partial charge < -0.3 is 15.4 Å². The first kappa shape index (κ1) is 20.4. The maximum absolute atomic E-state index is 12.3. The molecule has 29 heavy (non-hydrogen) atoms. The maximum atomic E-state index is 12.3. The molecule has 0 saturated carbocycles. The van der Waals surface area contributed by atoms with Crippen LogP contribution in [0.15, 0.2) is 30.7 Å². The molecule has 0 radical (unpaired) electrons. The molecule has 1 amide bonds. The maximum Gasteiger partial charge on any atom is 0.288 e. The molecule has 12 heteroatoms. The zero-order valence-electron chi connectivity index (χ0n) is 15.5. The average molecular weight is 420 g/mol. The molecule has 2 heterocycles. The summed E-state index contributed by atoms with van der Waals surface area (Å²) in [7, 11) is 1.62. The highest BCUT2D eigenvalue weighted by atomic mass is 35.5. The number of nitrogens with one attached hydrogen (secondary N) is 2. The van der Waals surface area contributed by atoms with Gasteiger partial charge in [0.05, 0.1) is 29.7 Å². The van der Waals surface area contributed by atoms with Crippen LogP contribution in [-0.2, 0) is 11.3 Å². The van der Waals surface area contributed by atoms with Crippen LogP contribution in [0.25, 0.3) is 11.0 Å². The van der Waals surface area contributed by atoms with E-state index in [-0.39, 0.29) is 22.8 Å². The number of nitro benzene ring substituents is 1. The van der Waals surface area contributed by atoms with E-state index in [1.807, 2.05) is 0 Å². The van der Waals surface area contributed by atoms with Crippen molar-refractivity contribution < 1.29 is 14.5 Å². The van der Waals surface area contributed by atoms with Crippen molar-refractivity contribution in [2.45, 2.75) is 6.54 Å². The van der Waals surface area contributed by atoms with E-state index in [1.54, 1.807) is 18.0 Å². The lowest BCUT2D eigenvalue weighted by molar-refractivity contribution is -0.384. The van der Waals surface area contributed by atoms with Gasteiger partial charge in [-0.15, -0.1) is 0 Å². The number of nitrogens with zero attached hydrogens (tertiary/aromatic N) is 5. The van der Waals surface area contributed by atoms with Crippen LogP contribution in [0.5, 0.6) is 0 Å². The fourth-order valence-electron chi connectivity index (χ4n) is 2.64. The Morgan fingerprint density at radius 2 is 2.17 bits per heavy atom. The molecule has 1 aromatic carbocycles. The van der Waals surface area contributed by atoms with Crippen molar-refractivity contribution in [2.24, 2.45) is 0 Å². The number of ether oxygens (including phenoxy) is 1. The topological polar surface area (TPSA) is 137 Å². The number of rotatable bonds is 9. The van der Waals surface area contributed by atoms with E-state index in [1.165, 1.54) is 18.5 Å². The normalized spacial score (nSPS) is 10.8. The molecule has 2 aromatic heterocycles. The average Bonchev–Trinajstić information content (AvgIpc) is 3.12. The lowest BCUT2D eigenvalue weighted by Crippen LogP contribution is -2.27. The minimum Gasteiger partial charge on any atom is -0.383 e. The second kappa shape index (κ2) is 9.26. The van der Waals surface area contributed by atoms with Gasteiger partial charge >= 0.3 is 0 Å². The third-order valence-corrected chi connectivity index (χ3v) is 4.37. The van der Waals surface area contributed by atoms with E-state index in [2.05, 4.69) is 25.7 Å². The Hall–Kier alpha value is -3.31. The summed E-state index contributed by atoms with van der Waals surface area (Å²) in [5.74, 6) is 0.202. The number of hydrogen-bond donors (Lipinski definition) is 2. The summed E-state index contributed by atoms with van der Waals surface area (Å²) in [6, 6.07) is 3.90. The molecule has 0 aliphatic rings. The van der Waals surface area contributed by atoms with Crippen LogP contribution in [0, 0.1) is 10.1 Å². The molecule has 2 N–H and O–H groups in total. The first-order valence-corrected chi connectivity index (χ1v) is 9.00. The monoisotopic (exact) mass is 419 g/mol. The van der Waals surface area contributed by atoms with Gasteiger partial charge in [0.2, 0.25) is 0 Å². The number of aromatic nitrogens is 4. The number of fused-ring (bicyclic) bond motifs is 1. The van der Waals surface area contributed by atoms with Crippen molar-refractivity contribution in [3.63, 3.8) is 0 Å². The highest BCUT2D eigenvalue weighted by molar-refractivity contribution is 6.32. The molecular weight excluding hydrogens is 402 g/mol. The number of anilines is 1. The van der Waals surface area contributed by atoms with E-state index in [9.17, 15) is 14.9 Å². The highest BCUT2D eigenvalue weighted by Gasteiger charge is 2.16. The van der Waals surface area contributed by atoms with E-state index < -0.39 is 10.8 Å². The molecule has 0 aliphatic heterocycles. The minimum absolute atomic E-state index is 0.0239. The molecule has 0 aliphatic carbocycles.